The maximum atomic E-state index is 12.3. The molecular formula is C22H24N2O2. The van der Waals surface area contributed by atoms with Crippen molar-refractivity contribution >= 4 is 16.8 Å². The average molecular weight is 348 g/mol. The van der Waals surface area contributed by atoms with E-state index in [2.05, 4.69) is 31.1 Å². The molecule has 0 atom stereocenters. The summed E-state index contributed by atoms with van der Waals surface area (Å²) in [5, 5.41) is 3.93. The molecule has 0 bridgehead atoms. The van der Waals surface area contributed by atoms with E-state index in [4.69, 9.17) is 4.74 Å². The first-order valence-electron chi connectivity index (χ1n) is 8.80. The third kappa shape index (κ3) is 4.20. The molecule has 0 aliphatic heterocycles. The Bertz CT molecular complexity index is 891. The van der Waals surface area contributed by atoms with E-state index in [1.165, 1.54) is 5.56 Å². The number of hydrogen-bond acceptors (Lipinski definition) is 3. The Morgan fingerprint density at radius 2 is 1.77 bits per heavy atom. The SMILES string of the molecule is CC(C)(C)c1ccc(C(=O)NCCOc2cccc3cccnc23)cc1. The lowest BCUT2D eigenvalue weighted by Crippen LogP contribution is -2.28. The number of para-hydroxylation sites is 1. The number of carbonyl (C=O) groups is 1. The highest BCUT2D eigenvalue weighted by atomic mass is 16.5. The number of hydrogen-bond donors (Lipinski definition) is 1. The van der Waals surface area contributed by atoms with Crippen molar-refractivity contribution in [2.24, 2.45) is 0 Å². The van der Waals surface area contributed by atoms with E-state index in [1.807, 2.05) is 54.6 Å². The van der Waals surface area contributed by atoms with Gasteiger partial charge >= 0.3 is 0 Å². The first-order chi connectivity index (χ1) is 12.4. The van der Waals surface area contributed by atoms with Crippen LogP contribution in [0.2, 0.25) is 0 Å². The van der Waals surface area contributed by atoms with Crippen molar-refractivity contribution in [2.45, 2.75) is 26.2 Å². The average Bonchev–Trinajstić information content (AvgIpc) is 2.64. The molecule has 0 saturated heterocycles. The Balaban J connectivity index is 1.54. The zero-order valence-electron chi connectivity index (χ0n) is 15.5. The van der Waals surface area contributed by atoms with Crippen molar-refractivity contribution in [2.75, 3.05) is 13.2 Å². The lowest BCUT2D eigenvalue weighted by Gasteiger charge is -2.19. The van der Waals surface area contributed by atoms with E-state index in [1.54, 1.807) is 6.20 Å². The van der Waals surface area contributed by atoms with Gasteiger partial charge in [-0.3, -0.25) is 9.78 Å². The molecule has 3 rings (SSSR count). The van der Waals surface area contributed by atoms with Crippen LogP contribution >= 0.6 is 0 Å². The summed E-state index contributed by atoms with van der Waals surface area (Å²) in [5.41, 5.74) is 2.78. The van der Waals surface area contributed by atoms with Crippen LogP contribution in [-0.2, 0) is 5.41 Å². The molecule has 0 radical (unpaired) electrons. The van der Waals surface area contributed by atoms with Gasteiger partial charge < -0.3 is 10.1 Å². The fourth-order valence-electron chi connectivity index (χ4n) is 2.74. The molecule has 0 saturated carbocycles. The highest BCUT2D eigenvalue weighted by Crippen LogP contribution is 2.23. The number of amides is 1. The molecule has 0 aliphatic rings. The monoisotopic (exact) mass is 348 g/mol. The van der Waals surface area contributed by atoms with Crippen molar-refractivity contribution in [1.82, 2.24) is 10.3 Å². The highest BCUT2D eigenvalue weighted by molar-refractivity contribution is 5.94. The Hall–Kier alpha value is -2.88. The third-order valence-corrected chi connectivity index (χ3v) is 4.25. The number of nitrogens with one attached hydrogen (secondary N) is 1. The van der Waals surface area contributed by atoms with Gasteiger partial charge in [-0.25, -0.2) is 0 Å². The summed E-state index contributed by atoms with van der Waals surface area (Å²) in [6.45, 7) is 7.29. The number of nitrogens with zero attached hydrogens (tertiary/aromatic N) is 1. The smallest absolute Gasteiger partial charge is 0.251 e. The van der Waals surface area contributed by atoms with Crippen LogP contribution in [0.25, 0.3) is 10.9 Å². The van der Waals surface area contributed by atoms with Gasteiger partial charge in [0, 0.05) is 17.1 Å². The van der Waals surface area contributed by atoms with Gasteiger partial charge in [0.1, 0.15) is 17.9 Å². The predicted molar refractivity (Wildman–Crippen MR) is 105 cm³/mol. The second-order valence-corrected chi connectivity index (χ2v) is 7.26. The lowest BCUT2D eigenvalue weighted by molar-refractivity contribution is 0.0947. The summed E-state index contributed by atoms with van der Waals surface area (Å²) in [5.74, 6) is 0.636. The fraction of sp³-hybridized carbons (Fsp3) is 0.273. The number of benzene rings is 2. The maximum absolute atomic E-state index is 12.3. The van der Waals surface area contributed by atoms with Crippen LogP contribution in [0.5, 0.6) is 5.75 Å². The predicted octanol–water partition coefficient (Wildman–Crippen LogP) is 4.34. The number of ether oxygens (including phenoxy) is 1. The summed E-state index contributed by atoms with van der Waals surface area (Å²) < 4.78 is 5.79. The van der Waals surface area contributed by atoms with E-state index in [9.17, 15) is 4.79 Å². The highest BCUT2D eigenvalue weighted by Gasteiger charge is 2.14. The van der Waals surface area contributed by atoms with Crippen LogP contribution in [0.15, 0.2) is 60.8 Å². The molecule has 1 heterocycles. The minimum Gasteiger partial charge on any atom is -0.489 e. The van der Waals surface area contributed by atoms with E-state index in [0.29, 0.717) is 18.7 Å². The van der Waals surface area contributed by atoms with Crippen molar-refractivity contribution in [3.63, 3.8) is 0 Å². The zero-order chi connectivity index (χ0) is 18.6. The minimum absolute atomic E-state index is 0.0787. The van der Waals surface area contributed by atoms with Gasteiger partial charge in [-0.2, -0.15) is 0 Å². The fourth-order valence-corrected chi connectivity index (χ4v) is 2.74. The quantitative estimate of drug-likeness (QED) is 0.698. The van der Waals surface area contributed by atoms with Gasteiger partial charge in [0.15, 0.2) is 0 Å². The van der Waals surface area contributed by atoms with Crippen molar-refractivity contribution in [3.05, 3.63) is 71.9 Å². The number of aromatic nitrogens is 1. The number of fused-ring (bicyclic) bond motifs is 1. The van der Waals surface area contributed by atoms with Gasteiger partial charge in [0.2, 0.25) is 0 Å². The summed E-state index contributed by atoms with van der Waals surface area (Å²) >= 11 is 0. The van der Waals surface area contributed by atoms with Crippen LogP contribution in [-0.4, -0.2) is 24.0 Å². The number of pyridine rings is 1. The maximum Gasteiger partial charge on any atom is 0.251 e. The molecule has 1 N–H and O–H groups in total. The summed E-state index contributed by atoms with van der Waals surface area (Å²) in [6.07, 6.45) is 1.75. The zero-order valence-corrected chi connectivity index (χ0v) is 15.5. The molecule has 0 aliphatic carbocycles. The molecule has 4 nitrogen and oxygen atoms in total. The molecule has 134 valence electrons. The first kappa shape index (κ1) is 17.9. The second kappa shape index (κ2) is 7.56. The third-order valence-electron chi connectivity index (χ3n) is 4.25. The number of carbonyl (C=O) groups excluding carboxylic acids is 1. The summed E-state index contributed by atoms with van der Waals surface area (Å²) in [7, 11) is 0. The van der Waals surface area contributed by atoms with Crippen LogP contribution in [0.1, 0.15) is 36.7 Å². The Labute approximate surface area is 154 Å². The van der Waals surface area contributed by atoms with E-state index in [0.717, 1.165) is 16.7 Å². The minimum atomic E-state index is -0.0925. The van der Waals surface area contributed by atoms with Crippen LogP contribution in [0.4, 0.5) is 0 Å². The largest absolute Gasteiger partial charge is 0.489 e. The topological polar surface area (TPSA) is 51.2 Å². The van der Waals surface area contributed by atoms with Crippen molar-refractivity contribution in [1.29, 1.82) is 0 Å². The molecule has 2 aromatic carbocycles. The van der Waals surface area contributed by atoms with E-state index < -0.39 is 0 Å². The summed E-state index contributed by atoms with van der Waals surface area (Å²) in [4.78, 5) is 16.6. The van der Waals surface area contributed by atoms with Crippen LogP contribution in [0.3, 0.4) is 0 Å². The van der Waals surface area contributed by atoms with Crippen molar-refractivity contribution in [3.8, 4) is 5.75 Å². The van der Waals surface area contributed by atoms with Crippen molar-refractivity contribution < 1.29 is 9.53 Å². The Morgan fingerprint density at radius 1 is 1.04 bits per heavy atom. The normalized spacial score (nSPS) is 11.3. The molecule has 0 unspecified atom stereocenters. The molecule has 1 amide bonds. The summed E-state index contributed by atoms with van der Waals surface area (Å²) in [6, 6.07) is 17.5. The van der Waals surface area contributed by atoms with Crippen LogP contribution in [0, 0.1) is 0 Å². The number of rotatable bonds is 5. The Morgan fingerprint density at radius 3 is 2.50 bits per heavy atom. The van der Waals surface area contributed by atoms with Gasteiger partial charge in [0.05, 0.1) is 6.54 Å². The molecule has 1 aromatic heterocycles. The van der Waals surface area contributed by atoms with Gasteiger partial charge in [-0.05, 0) is 35.2 Å². The van der Waals surface area contributed by atoms with Crippen LogP contribution < -0.4 is 10.1 Å². The molecule has 26 heavy (non-hydrogen) atoms. The van der Waals surface area contributed by atoms with Gasteiger partial charge in [-0.15, -0.1) is 0 Å². The first-order valence-corrected chi connectivity index (χ1v) is 8.80. The van der Waals surface area contributed by atoms with Gasteiger partial charge in [-0.1, -0.05) is 51.1 Å². The van der Waals surface area contributed by atoms with E-state index >= 15 is 0 Å². The van der Waals surface area contributed by atoms with E-state index in [-0.39, 0.29) is 11.3 Å². The standard InChI is InChI=1S/C22H24N2O2/c1-22(2,3)18-11-9-17(10-12-18)21(25)24-14-15-26-19-8-4-6-16-7-5-13-23-20(16)19/h4-13H,14-15H2,1-3H3,(H,24,25). The molecular weight excluding hydrogens is 324 g/mol. The van der Waals surface area contributed by atoms with Gasteiger partial charge in [0.25, 0.3) is 5.91 Å². The Kier molecular flexibility index (Phi) is 5.21. The molecule has 0 spiro atoms. The molecule has 4 heteroatoms. The lowest BCUT2D eigenvalue weighted by atomic mass is 9.87. The molecule has 3 aromatic rings. The second-order valence-electron chi connectivity index (χ2n) is 7.26. The molecule has 0 fully saturated rings.